The van der Waals surface area contributed by atoms with Crippen LogP contribution in [0.2, 0.25) is 0 Å². The zero-order valence-corrected chi connectivity index (χ0v) is 44.3. The molecule has 2 aromatic rings. The van der Waals surface area contributed by atoms with Crippen LogP contribution >= 0.6 is 0 Å². The van der Waals surface area contributed by atoms with E-state index in [-0.39, 0.29) is 48.1 Å². The number of ether oxygens (including phenoxy) is 2. The highest BCUT2D eigenvalue weighted by atomic mass is 16.5. The van der Waals surface area contributed by atoms with E-state index in [9.17, 15) is 59.4 Å². The Morgan fingerprint density at radius 2 is 0.892 bits per heavy atom. The van der Waals surface area contributed by atoms with Gasteiger partial charge < -0.3 is 50.7 Å². The number of aliphatic hydroxyl groups is 6. The maximum atomic E-state index is 14.4. The lowest BCUT2D eigenvalue weighted by molar-refractivity contribution is -0.211. The number of nitrogens with one attached hydrogen (secondary N) is 2. The largest absolute Gasteiger partial charge is 0.387 e. The third-order valence-corrected chi connectivity index (χ3v) is 20.1. The number of rotatable bonds is 6. The summed E-state index contributed by atoms with van der Waals surface area (Å²) in [4.78, 5) is 78.5. The summed E-state index contributed by atoms with van der Waals surface area (Å²) in [7, 11) is 0. The Morgan fingerprint density at radius 1 is 0.554 bits per heavy atom. The van der Waals surface area contributed by atoms with Gasteiger partial charge in [-0.3, -0.25) is 28.8 Å². The standard InChI is InChI=1S/2C29H37NO7/c2*1-16(31)30-20-9-7-6-8-18(20)28(35)15-17-10-13-29(36)19-14-21(32)23(25(2,3)34)37-22(19)11-12-26(29,4)27(17,5)24(28)33/h2*6-9,14,17,22-23,34-36H,10-13,15H2,1-5H3,(H,30,31)/t2*17-,22-,23-,26+,27+,28+,29+/m00/s1. The van der Waals surface area contributed by atoms with Gasteiger partial charge in [0.25, 0.3) is 0 Å². The van der Waals surface area contributed by atoms with Crippen molar-refractivity contribution in [2.24, 2.45) is 33.5 Å². The van der Waals surface area contributed by atoms with Gasteiger partial charge in [-0.15, -0.1) is 0 Å². The molecule has 6 aliphatic carbocycles. The second-order valence-electron chi connectivity index (χ2n) is 24.9. The van der Waals surface area contributed by atoms with Crippen molar-refractivity contribution in [2.75, 3.05) is 10.6 Å². The molecule has 16 nitrogen and oxygen atoms in total. The number of carbonyl (C=O) groups is 6. The molecule has 74 heavy (non-hydrogen) atoms. The molecule has 0 radical (unpaired) electrons. The van der Waals surface area contributed by atoms with Gasteiger partial charge in [0.15, 0.2) is 34.3 Å². The summed E-state index contributed by atoms with van der Waals surface area (Å²) in [5, 5.41) is 75.1. The Bertz CT molecular complexity index is 2620. The van der Waals surface area contributed by atoms with E-state index in [2.05, 4.69) is 10.6 Å². The van der Waals surface area contributed by atoms with Crippen LogP contribution in [-0.2, 0) is 49.4 Å². The fraction of sp³-hybridized carbons (Fsp3) is 0.621. The lowest BCUT2D eigenvalue weighted by Crippen LogP contribution is -2.68. The molecule has 2 aliphatic heterocycles. The quantitative estimate of drug-likeness (QED) is 0.176. The first kappa shape index (κ1) is 54.0. The van der Waals surface area contributed by atoms with Crippen molar-refractivity contribution in [3.05, 3.63) is 83.0 Å². The normalized spacial score (nSPS) is 41.4. The van der Waals surface area contributed by atoms with Crippen molar-refractivity contribution in [3.8, 4) is 0 Å². The number of anilines is 2. The number of amides is 2. The minimum atomic E-state index is -1.83. The fourth-order valence-electron chi connectivity index (χ4n) is 15.8. The molecule has 0 bridgehead atoms. The molecule has 400 valence electrons. The Labute approximate surface area is 432 Å². The summed E-state index contributed by atoms with van der Waals surface area (Å²) in [6.45, 7) is 16.3. The summed E-state index contributed by atoms with van der Waals surface area (Å²) >= 11 is 0. The highest BCUT2D eigenvalue weighted by Gasteiger charge is 2.77. The van der Waals surface area contributed by atoms with Gasteiger partial charge in [-0.2, -0.15) is 0 Å². The molecule has 2 aromatic carbocycles. The lowest BCUT2D eigenvalue weighted by Gasteiger charge is -2.64. The SMILES string of the molecule is CC(=O)Nc1ccccc1[C@]1(O)C[C@@H]2CC[C@@]3(O)C4=CC(=O)[C@@H](C(C)(C)O)O[C@H]4CC[C@]3(C)[C@@]2(C)C1=O.CC(=O)Nc1ccccc1[C@]1(O)C[C@@H]2CC[C@@]3(O)C4=CC(=O)[C@@H](C(C)(C)O)O[C@H]4CC[C@]3(C)[C@@]2(C)C1=O. The number of hydrogen-bond donors (Lipinski definition) is 8. The molecule has 0 aromatic heterocycles. The zero-order valence-electron chi connectivity index (χ0n) is 44.3. The molecule has 6 fully saturated rings. The molecule has 8 N–H and O–H groups in total. The van der Waals surface area contributed by atoms with Gasteiger partial charge in [0.05, 0.1) is 34.6 Å². The van der Waals surface area contributed by atoms with Gasteiger partial charge in [-0.1, -0.05) is 64.1 Å². The molecule has 8 aliphatic rings. The predicted molar refractivity (Wildman–Crippen MR) is 271 cm³/mol. The first-order valence-corrected chi connectivity index (χ1v) is 26.2. The number of hydrogen-bond acceptors (Lipinski definition) is 14. The van der Waals surface area contributed by atoms with E-state index in [0.717, 1.165) is 0 Å². The molecule has 2 amide bonds. The second kappa shape index (κ2) is 17.4. The van der Waals surface area contributed by atoms with E-state index in [4.69, 9.17) is 9.47 Å². The van der Waals surface area contributed by atoms with Gasteiger partial charge in [0.2, 0.25) is 11.8 Å². The number of ketones is 4. The third kappa shape index (κ3) is 7.43. The summed E-state index contributed by atoms with van der Waals surface area (Å²) in [5.41, 5.74) is -11.1. The highest BCUT2D eigenvalue weighted by molar-refractivity contribution is 6.02. The summed E-state index contributed by atoms with van der Waals surface area (Å²) in [6, 6.07) is 13.6. The van der Waals surface area contributed by atoms with Gasteiger partial charge >= 0.3 is 0 Å². The van der Waals surface area contributed by atoms with Crippen LogP contribution in [0.1, 0.15) is 145 Å². The lowest BCUT2D eigenvalue weighted by atomic mass is 9.42. The maximum absolute atomic E-state index is 14.4. The fourth-order valence-corrected chi connectivity index (χ4v) is 15.8. The monoisotopic (exact) mass is 1020 g/mol. The van der Waals surface area contributed by atoms with Crippen molar-refractivity contribution in [2.45, 2.75) is 191 Å². The Balaban J connectivity index is 0.000000182. The highest BCUT2D eigenvalue weighted by Crippen LogP contribution is 2.73. The van der Waals surface area contributed by atoms with Crippen molar-refractivity contribution >= 4 is 46.3 Å². The van der Waals surface area contributed by atoms with Gasteiger partial charge in [-0.25, -0.2) is 0 Å². The average Bonchev–Trinajstić information content (AvgIpc) is 3.66. The molecule has 0 saturated heterocycles. The number of fused-ring (bicyclic) bond motifs is 10. The smallest absolute Gasteiger partial charge is 0.221 e. The second-order valence-corrected chi connectivity index (χ2v) is 24.9. The minimum absolute atomic E-state index is 0.184. The van der Waals surface area contributed by atoms with Crippen LogP contribution in [0.4, 0.5) is 11.4 Å². The summed E-state index contributed by atoms with van der Waals surface area (Å²) in [6.07, 6.45) is 3.54. The zero-order chi connectivity index (χ0) is 54.4. The molecule has 0 spiro atoms. The minimum Gasteiger partial charge on any atom is -0.387 e. The molecule has 6 saturated carbocycles. The van der Waals surface area contributed by atoms with E-state index in [1.54, 1.807) is 48.5 Å². The van der Waals surface area contributed by atoms with Crippen LogP contribution in [0.15, 0.2) is 71.8 Å². The Hall–Kier alpha value is -4.78. The first-order valence-electron chi connectivity index (χ1n) is 26.2. The van der Waals surface area contributed by atoms with E-state index < -0.39 is 91.2 Å². The van der Waals surface area contributed by atoms with Gasteiger partial charge in [0, 0.05) is 58.0 Å². The first-order chi connectivity index (χ1) is 34.2. The number of para-hydroxylation sites is 2. The molecule has 10 rings (SSSR count). The molecular weight excluding hydrogens is 949 g/mol. The Kier molecular flexibility index (Phi) is 12.7. The van der Waals surface area contributed by atoms with Crippen LogP contribution in [0.25, 0.3) is 0 Å². The molecule has 14 atom stereocenters. The van der Waals surface area contributed by atoms with Crippen LogP contribution in [-0.4, -0.2) is 112 Å². The Morgan fingerprint density at radius 3 is 1.22 bits per heavy atom. The maximum Gasteiger partial charge on any atom is 0.221 e. The summed E-state index contributed by atoms with van der Waals surface area (Å²) in [5.74, 6) is -2.57. The number of Topliss-reactive ketones (excluding diaryl/α,β-unsaturated/α-hetero) is 2. The topological polar surface area (TPSA) is 266 Å². The van der Waals surface area contributed by atoms with E-state index in [1.165, 1.54) is 53.7 Å². The average molecular weight is 1020 g/mol. The van der Waals surface area contributed by atoms with Crippen LogP contribution < -0.4 is 10.6 Å². The van der Waals surface area contributed by atoms with Crippen molar-refractivity contribution in [1.82, 2.24) is 0 Å². The van der Waals surface area contributed by atoms with Gasteiger partial charge in [0.1, 0.15) is 12.2 Å². The third-order valence-electron chi connectivity index (χ3n) is 20.1. The number of benzene rings is 2. The van der Waals surface area contributed by atoms with E-state index in [1.807, 2.05) is 27.7 Å². The summed E-state index contributed by atoms with van der Waals surface area (Å²) < 4.78 is 12.1. The van der Waals surface area contributed by atoms with Crippen molar-refractivity contribution in [1.29, 1.82) is 0 Å². The molecule has 0 unspecified atom stereocenters. The van der Waals surface area contributed by atoms with Crippen LogP contribution in [0, 0.1) is 33.5 Å². The van der Waals surface area contributed by atoms with Crippen molar-refractivity contribution < 1.29 is 68.9 Å². The molecule has 16 heteroatoms. The van der Waals surface area contributed by atoms with Crippen molar-refractivity contribution in [3.63, 3.8) is 0 Å². The van der Waals surface area contributed by atoms with Crippen LogP contribution in [0.3, 0.4) is 0 Å². The van der Waals surface area contributed by atoms with E-state index in [0.29, 0.717) is 85.0 Å². The van der Waals surface area contributed by atoms with Gasteiger partial charge in [-0.05, 0) is 139 Å². The molecular formula is C58H74N2O14. The van der Waals surface area contributed by atoms with E-state index >= 15 is 0 Å². The number of carbonyl (C=O) groups excluding carboxylic acids is 6. The predicted octanol–water partition coefficient (Wildman–Crippen LogP) is 5.57. The molecule has 2 heterocycles. The van der Waals surface area contributed by atoms with Crippen LogP contribution in [0.5, 0.6) is 0 Å².